The highest BCUT2D eigenvalue weighted by atomic mass is 16.7. The number of carbonyl (C=O) groups excluding carboxylic acids is 2. The molecule has 4 rings (SSSR count). The zero-order valence-electron chi connectivity index (χ0n) is 16.1. The highest BCUT2D eigenvalue weighted by Crippen LogP contribution is 2.43. The predicted molar refractivity (Wildman–Crippen MR) is 101 cm³/mol. The molecule has 0 radical (unpaired) electrons. The molecule has 2 bridgehead atoms. The Labute approximate surface area is 161 Å². The molecule has 5 nitrogen and oxygen atoms in total. The molecule has 0 heterocycles. The Morgan fingerprint density at radius 3 is 2.70 bits per heavy atom. The minimum absolute atomic E-state index is 0.0923. The van der Waals surface area contributed by atoms with Gasteiger partial charge >= 0.3 is 5.97 Å². The monoisotopic (exact) mass is 374 g/mol. The molecule has 4 atom stereocenters. The summed E-state index contributed by atoms with van der Waals surface area (Å²) in [7, 11) is 1.51. The lowest BCUT2D eigenvalue weighted by molar-refractivity contribution is -0.167. The second-order valence-electron chi connectivity index (χ2n) is 7.82. The van der Waals surface area contributed by atoms with E-state index in [2.05, 4.69) is 0 Å². The standard InChI is InChI=1S/C22H30O5/c1-25-21(26-15-19-12-16-8-5-9-18(19)11-10-16)13-20(23)22(24)27-14-17-6-3-2-4-7-17/h2-4,6-7,16,18-19,21H,5,8-15H2,1H3. The van der Waals surface area contributed by atoms with E-state index < -0.39 is 18.0 Å². The van der Waals surface area contributed by atoms with Crippen molar-refractivity contribution in [1.82, 2.24) is 0 Å². The number of benzene rings is 1. The topological polar surface area (TPSA) is 61.8 Å². The molecule has 148 valence electrons. The van der Waals surface area contributed by atoms with E-state index in [0.29, 0.717) is 12.5 Å². The summed E-state index contributed by atoms with van der Waals surface area (Å²) < 4.78 is 16.2. The van der Waals surface area contributed by atoms with Gasteiger partial charge in [-0.05, 0) is 36.2 Å². The second kappa shape index (κ2) is 10.00. The number of hydrogen-bond donors (Lipinski definition) is 0. The molecular weight excluding hydrogens is 344 g/mol. The summed E-state index contributed by atoms with van der Waals surface area (Å²) in [5.41, 5.74) is 0.849. The summed E-state index contributed by atoms with van der Waals surface area (Å²) in [5.74, 6) is 0.656. The summed E-state index contributed by atoms with van der Waals surface area (Å²) in [6, 6.07) is 9.30. The Morgan fingerprint density at radius 2 is 1.93 bits per heavy atom. The van der Waals surface area contributed by atoms with Gasteiger partial charge in [-0.3, -0.25) is 4.79 Å². The van der Waals surface area contributed by atoms with E-state index in [-0.39, 0.29) is 13.0 Å². The number of Topliss-reactive ketones (excluding diaryl/α,β-unsaturated/α-hetero) is 1. The molecule has 5 heteroatoms. The van der Waals surface area contributed by atoms with E-state index >= 15 is 0 Å². The van der Waals surface area contributed by atoms with Gasteiger partial charge in [0.2, 0.25) is 5.78 Å². The molecule has 27 heavy (non-hydrogen) atoms. The lowest BCUT2D eigenvalue weighted by Crippen LogP contribution is -2.31. The molecular formula is C22H30O5. The van der Waals surface area contributed by atoms with Gasteiger partial charge < -0.3 is 14.2 Å². The van der Waals surface area contributed by atoms with Gasteiger partial charge in [0.1, 0.15) is 6.61 Å². The summed E-state index contributed by atoms with van der Waals surface area (Å²) in [6.07, 6.45) is 7.01. The van der Waals surface area contributed by atoms with Gasteiger partial charge in [-0.1, -0.05) is 56.0 Å². The average molecular weight is 374 g/mol. The normalized spacial score (nSPS) is 25.6. The van der Waals surface area contributed by atoms with Gasteiger partial charge in [-0.2, -0.15) is 0 Å². The zero-order valence-corrected chi connectivity index (χ0v) is 16.1. The average Bonchev–Trinajstić information content (AvgIpc) is 3.05. The van der Waals surface area contributed by atoms with Crippen LogP contribution in [0.15, 0.2) is 30.3 Å². The molecule has 3 aliphatic rings. The largest absolute Gasteiger partial charge is 0.455 e. The van der Waals surface area contributed by atoms with Gasteiger partial charge in [-0.15, -0.1) is 0 Å². The molecule has 3 aliphatic carbocycles. The number of ketones is 1. The second-order valence-corrected chi connectivity index (χ2v) is 7.82. The molecule has 1 aromatic rings. The SMILES string of the molecule is COC(CC(=O)C(=O)OCc1ccccc1)OCC1CC2CCCC1CC2. The van der Waals surface area contributed by atoms with Gasteiger partial charge in [0, 0.05) is 7.11 Å². The van der Waals surface area contributed by atoms with Crippen LogP contribution >= 0.6 is 0 Å². The van der Waals surface area contributed by atoms with E-state index in [0.717, 1.165) is 17.4 Å². The molecule has 4 unspecified atom stereocenters. The van der Waals surface area contributed by atoms with Crippen molar-refractivity contribution in [1.29, 1.82) is 0 Å². The fourth-order valence-corrected chi connectivity index (χ4v) is 4.42. The van der Waals surface area contributed by atoms with E-state index in [1.54, 1.807) is 0 Å². The summed E-state index contributed by atoms with van der Waals surface area (Å²) in [6.45, 7) is 0.696. The maximum atomic E-state index is 12.1. The number of fused-ring (bicyclic) bond motifs is 4. The molecule has 0 amide bonds. The lowest BCUT2D eigenvalue weighted by atomic mass is 9.76. The maximum Gasteiger partial charge on any atom is 0.375 e. The van der Waals surface area contributed by atoms with Crippen molar-refractivity contribution in [2.24, 2.45) is 17.8 Å². The minimum atomic E-state index is -0.835. The van der Waals surface area contributed by atoms with Crippen LogP contribution in [0.1, 0.15) is 50.5 Å². The summed E-state index contributed by atoms with van der Waals surface area (Å²) in [5, 5.41) is 0. The Balaban J connectivity index is 1.42. The first-order valence-electron chi connectivity index (χ1n) is 10.0. The van der Waals surface area contributed by atoms with Crippen molar-refractivity contribution in [3.63, 3.8) is 0 Å². The number of rotatable bonds is 9. The quantitative estimate of drug-likeness (QED) is 0.373. The fourth-order valence-electron chi connectivity index (χ4n) is 4.42. The maximum absolute atomic E-state index is 12.1. The number of ether oxygens (including phenoxy) is 3. The van der Waals surface area contributed by atoms with Crippen molar-refractivity contribution in [2.45, 2.75) is 57.8 Å². The molecule has 0 spiro atoms. The van der Waals surface area contributed by atoms with E-state index in [1.807, 2.05) is 30.3 Å². The van der Waals surface area contributed by atoms with Gasteiger partial charge in [0.05, 0.1) is 13.0 Å². The Kier molecular flexibility index (Phi) is 7.41. The van der Waals surface area contributed by atoms with E-state index in [1.165, 1.54) is 45.6 Å². The Hall–Kier alpha value is -1.72. The third kappa shape index (κ3) is 5.88. The number of methoxy groups -OCH3 is 1. The number of hydrogen-bond acceptors (Lipinski definition) is 5. The van der Waals surface area contributed by atoms with E-state index in [9.17, 15) is 9.59 Å². The highest BCUT2D eigenvalue weighted by Gasteiger charge is 2.34. The Morgan fingerprint density at radius 1 is 1.11 bits per heavy atom. The molecule has 0 N–H and O–H groups in total. The first-order chi connectivity index (χ1) is 13.2. The molecule has 0 aliphatic heterocycles. The minimum Gasteiger partial charge on any atom is -0.455 e. The molecule has 3 fully saturated rings. The van der Waals surface area contributed by atoms with Crippen LogP contribution in [0.25, 0.3) is 0 Å². The molecule has 0 saturated heterocycles. The summed E-state index contributed by atoms with van der Waals surface area (Å²) in [4.78, 5) is 24.1. The van der Waals surface area contributed by atoms with Gasteiger partial charge in [-0.25, -0.2) is 4.79 Å². The van der Waals surface area contributed by atoms with Crippen LogP contribution in [0.3, 0.4) is 0 Å². The Bertz CT molecular complexity index is 610. The highest BCUT2D eigenvalue weighted by molar-refractivity contribution is 6.33. The lowest BCUT2D eigenvalue weighted by Gasteiger charge is -2.33. The number of esters is 1. The van der Waals surface area contributed by atoms with Crippen LogP contribution in [0.4, 0.5) is 0 Å². The third-order valence-corrected chi connectivity index (χ3v) is 5.99. The third-order valence-electron chi connectivity index (χ3n) is 5.99. The summed E-state index contributed by atoms with van der Waals surface area (Å²) >= 11 is 0. The van der Waals surface area contributed by atoms with Crippen LogP contribution < -0.4 is 0 Å². The van der Waals surface area contributed by atoms with Gasteiger partial charge in [0.15, 0.2) is 6.29 Å². The van der Waals surface area contributed by atoms with Crippen LogP contribution in [0.2, 0.25) is 0 Å². The smallest absolute Gasteiger partial charge is 0.375 e. The van der Waals surface area contributed by atoms with Crippen LogP contribution in [0, 0.1) is 17.8 Å². The van der Waals surface area contributed by atoms with Gasteiger partial charge in [0.25, 0.3) is 0 Å². The molecule has 0 aromatic heterocycles. The first kappa shape index (κ1) is 20.0. The van der Waals surface area contributed by atoms with Crippen molar-refractivity contribution in [3.05, 3.63) is 35.9 Å². The molecule has 3 saturated carbocycles. The van der Waals surface area contributed by atoms with Crippen LogP contribution in [-0.2, 0) is 30.4 Å². The van der Waals surface area contributed by atoms with Crippen molar-refractivity contribution >= 4 is 11.8 Å². The predicted octanol–water partition coefficient (Wildman–Crippen LogP) is 3.89. The van der Waals surface area contributed by atoms with E-state index in [4.69, 9.17) is 14.2 Å². The van der Waals surface area contributed by atoms with Crippen LogP contribution in [-0.4, -0.2) is 31.8 Å². The first-order valence-corrected chi connectivity index (χ1v) is 10.0. The van der Waals surface area contributed by atoms with Crippen molar-refractivity contribution in [3.8, 4) is 0 Å². The van der Waals surface area contributed by atoms with Crippen molar-refractivity contribution in [2.75, 3.05) is 13.7 Å². The van der Waals surface area contributed by atoms with Crippen LogP contribution in [0.5, 0.6) is 0 Å². The van der Waals surface area contributed by atoms with Crippen molar-refractivity contribution < 1.29 is 23.8 Å². The number of carbonyl (C=O) groups is 2. The fraction of sp³-hybridized carbons (Fsp3) is 0.636. The zero-order chi connectivity index (χ0) is 19.1. The molecule has 1 aromatic carbocycles.